The summed E-state index contributed by atoms with van der Waals surface area (Å²) in [6, 6.07) is 21.4. The highest BCUT2D eigenvalue weighted by Gasteiger charge is 2.40. The molecule has 0 unspecified atom stereocenters. The minimum absolute atomic E-state index is 0.00787. The van der Waals surface area contributed by atoms with E-state index in [9.17, 15) is 9.59 Å². The van der Waals surface area contributed by atoms with Crippen LogP contribution in [0.1, 0.15) is 53.7 Å². The number of rotatable bonds is 3. The average molecular weight is 566 g/mol. The molecule has 0 saturated heterocycles. The minimum Gasteiger partial charge on any atom is -0.493 e. The van der Waals surface area contributed by atoms with Crippen molar-refractivity contribution in [2.45, 2.75) is 44.6 Å². The molecule has 2 aliphatic rings. The first-order valence-electron chi connectivity index (χ1n) is 14.5. The summed E-state index contributed by atoms with van der Waals surface area (Å²) in [5, 5.41) is 7.29. The van der Waals surface area contributed by atoms with E-state index < -0.39 is 0 Å². The number of aromatic nitrogens is 3. The molecule has 9 heteroatoms. The Balaban J connectivity index is 1.32. The van der Waals surface area contributed by atoms with Crippen LogP contribution in [0.25, 0.3) is 11.4 Å². The van der Waals surface area contributed by atoms with Gasteiger partial charge in [-0.05, 0) is 73.2 Å². The second-order valence-corrected chi connectivity index (χ2v) is 10.8. The quantitative estimate of drug-likeness (QED) is 0.364. The molecule has 1 N–H and O–H groups in total. The number of benzene rings is 2. The standard InChI is InChI=1S/C33H35N5O4/c1-22(39)38-29-11-4-3-9-24(29)25-14-17-37(33(40)28-21-27(35-36-28)26-10-5-6-15-34-26)16-7-8-18-42-32-20-23(19-30(25)38)12-13-31(32)41-2/h3-6,9-13,15,20-21,25,30H,7-8,14,16-19H2,1-2H3,(H,35,36)/t25-,30-/m1/s1. The number of hydrogen-bond acceptors (Lipinski definition) is 6. The molecule has 42 heavy (non-hydrogen) atoms. The summed E-state index contributed by atoms with van der Waals surface area (Å²) in [6.07, 6.45) is 4.64. The van der Waals surface area contributed by atoms with E-state index in [0.29, 0.717) is 54.7 Å². The maximum Gasteiger partial charge on any atom is 0.271 e. The van der Waals surface area contributed by atoms with Crippen LogP contribution in [0.3, 0.4) is 0 Å². The third-order valence-electron chi connectivity index (χ3n) is 8.22. The Morgan fingerprint density at radius 3 is 2.67 bits per heavy atom. The first kappa shape index (κ1) is 27.5. The lowest BCUT2D eigenvalue weighted by Gasteiger charge is -2.30. The van der Waals surface area contributed by atoms with Crippen molar-refractivity contribution in [2.24, 2.45) is 0 Å². The SMILES string of the molecule is COc1ccc2cc1OCCCCN(C(=O)c1cc(-c3ccccn3)n[nH]1)CC[C@@H]1c3ccccc3N(C(C)=O)[C@@H]1C2. The Morgan fingerprint density at radius 1 is 1.00 bits per heavy atom. The lowest BCUT2D eigenvalue weighted by atomic mass is 9.87. The van der Waals surface area contributed by atoms with Crippen molar-refractivity contribution in [3.05, 3.63) is 89.7 Å². The molecule has 2 aromatic carbocycles. The fourth-order valence-electron chi connectivity index (χ4n) is 6.22. The van der Waals surface area contributed by atoms with Gasteiger partial charge in [0, 0.05) is 43.9 Å². The van der Waals surface area contributed by atoms with E-state index in [4.69, 9.17) is 9.47 Å². The van der Waals surface area contributed by atoms with Crippen LogP contribution < -0.4 is 14.4 Å². The van der Waals surface area contributed by atoms with Crippen LogP contribution in [0.15, 0.2) is 72.9 Å². The number of para-hydroxylation sites is 1. The number of ether oxygens (including phenoxy) is 2. The van der Waals surface area contributed by atoms with Crippen molar-refractivity contribution < 1.29 is 19.1 Å². The number of carbonyl (C=O) groups excluding carboxylic acids is 2. The number of methoxy groups -OCH3 is 1. The van der Waals surface area contributed by atoms with Gasteiger partial charge >= 0.3 is 0 Å². The van der Waals surface area contributed by atoms with Crippen molar-refractivity contribution in [1.82, 2.24) is 20.1 Å². The molecular formula is C33H35N5O4. The molecule has 2 aliphatic heterocycles. The van der Waals surface area contributed by atoms with Gasteiger partial charge in [0.1, 0.15) is 11.4 Å². The van der Waals surface area contributed by atoms with Gasteiger partial charge in [-0.1, -0.05) is 30.3 Å². The zero-order chi connectivity index (χ0) is 29.1. The molecule has 2 atom stereocenters. The molecule has 0 fully saturated rings. The summed E-state index contributed by atoms with van der Waals surface area (Å²) in [5.41, 5.74) is 4.93. The molecular weight excluding hydrogens is 530 g/mol. The molecule has 2 bridgehead atoms. The monoisotopic (exact) mass is 565 g/mol. The fraction of sp³-hybridized carbons (Fsp3) is 0.333. The van der Waals surface area contributed by atoms with Crippen molar-refractivity contribution in [3.63, 3.8) is 0 Å². The van der Waals surface area contributed by atoms with Crippen LogP contribution in [0.2, 0.25) is 0 Å². The van der Waals surface area contributed by atoms with Gasteiger partial charge in [0.2, 0.25) is 5.91 Å². The third-order valence-corrected chi connectivity index (χ3v) is 8.22. The molecule has 6 rings (SSSR count). The zero-order valence-corrected chi connectivity index (χ0v) is 24.0. The predicted molar refractivity (Wildman–Crippen MR) is 160 cm³/mol. The molecule has 2 amide bonds. The van der Waals surface area contributed by atoms with Crippen molar-refractivity contribution in [2.75, 3.05) is 31.7 Å². The molecule has 4 heterocycles. The summed E-state index contributed by atoms with van der Waals surface area (Å²) in [4.78, 5) is 35.1. The Morgan fingerprint density at radius 2 is 1.86 bits per heavy atom. The van der Waals surface area contributed by atoms with Crippen LogP contribution in [-0.4, -0.2) is 64.7 Å². The lowest BCUT2D eigenvalue weighted by Crippen LogP contribution is -2.41. The molecule has 0 radical (unpaired) electrons. The molecule has 0 aliphatic carbocycles. The van der Waals surface area contributed by atoms with Crippen LogP contribution >= 0.6 is 0 Å². The number of pyridine rings is 1. The van der Waals surface area contributed by atoms with Gasteiger partial charge < -0.3 is 19.3 Å². The van der Waals surface area contributed by atoms with Crippen LogP contribution in [0, 0.1) is 0 Å². The molecule has 4 aromatic rings. The van der Waals surface area contributed by atoms with E-state index >= 15 is 0 Å². The van der Waals surface area contributed by atoms with E-state index in [0.717, 1.165) is 36.1 Å². The normalized spacial score (nSPS) is 18.8. The first-order chi connectivity index (χ1) is 20.5. The number of carbonyl (C=O) groups is 2. The van der Waals surface area contributed by atoms with Crippen molar-refractivity contribution >= 4 is 17.5 Å². The van der Waals surface area contributed by atoms with Gasteiger partial charge in [0.05, 0.1) is 19.4 Å². The zero-order valence-electron chi connectivity index (χ0n) is 24.0. The van der Waals surface area contributed by atoms with E-state index in [1.165, 1.54) is 0 Å². The van der Waals surface area contributed by atoms with Gasteiger partial charge in [-0.2, -0.15) is 5.10 Å². The smallest absolute Gasteiger partial charge is 0.271 e. The second-order valence-electron chi connectivity index (χ2n) is 10.8. The number of hydrogen-bond donors (Lipinski definition) is 1. The van der Waals surface area contributed by atoms with E-state index in [1.807, 2.05) is 64.4 Å². The van der Waals surface area contributed by atoms with E-state index in [1.54, 1.807) is 26.3 Å². The van der Waals surface area contributed by atoms with Gasteiger partial charge in [-0.3, -0.25) is 19.7 Å². The second kappa shape index (κ2) is 12.1. The Kier molecular flexibility index (Phi) is 7.90. The van der Waals surface area contributed by atoms with Crippen LogP contribution in [0.5, 0.6) is 11.5 Å². The Hall–Kier alpha value is -4.66. The Labute approximate surface area is 245 Å². The Bertz CT molecular complexity index is 1570. The van der Waals surface area contributed by atoms with Crippen LogP contribution in [-0.2, 0) is 11.2 Å². The number of aromatic amines is 1. The molecule has 216 valence electrons. The highest BCUT2D eigenvalue weighted by Crippen LogP contribution is 2.44. The number of anilines is 1. The highest BCUT2D eigenvalue weighted by molar-refractivity contribution is 5.95. The number of nitrogens with zero attached hydrogens (tertiary/aromatic N) is 4. The van der Waals surface area contributed by atoms with Gasteiger partial charge in [-0.25, -0.2) is 0 Å². The summed E-state index contributed by atoms with van der Waals surface area (Å²) in [5.74, 6) is 1.34. The van der Waals surface area contributed by atoms with E-state index in [-0.39, 0.29) is 23.8 Å². The van der Waals surface area contributed by atoms with Crippen LogP contribution in [0.4, 0.5) is 5.69 Å². The summed E-state index contributed by atoms with van der Waals surface area (Å²) >= 11 is 0. The number of nitrogens with one attached hydrogen (secondary N) is 1. The summed E-state index contributed by atoms with van der Waals surface area (Å²) < 4.78 is 11.7. The van der Waals surface area contributed by atoms with Gasteiger partial charge in [0.25, 0.3) is 5.91 Å². The molecule has 0 spiro atoms. The first-order valence-corrected chi connectivity index (χ1v) is 14.5. The fourth-order valence-corrected chi connectivity index (χ4v) is 6.22. The predicted octanol–water partition coefficient (Wildman–Crippen LogP) is 5.25. The molecule has 0 saturated carbocycles. The third kappa shape index (κ3) is 5.46. The highest BCUT2D eigenvalue weighted by atomic mass is 16.5. The summed E-state index contributed by atoms with van der Waals surface area (Å²) in [6.45, 7) is 3.26. The van der Waals surface area contributed by atoms with Crippen molar-refractivity contribution in [3.8, 4) is 22.9 Å². The number of amides is 2. The number of fused-ring (bicyclic) bond motifs is 5. The topological polar surface area (TPSA) is 101 Å². The minimum atomic E-state index is -0.101. The summed E-state index contributed by atoms with van der Waals surface area (Å²) in [7, 11) is 1.64. The van der Waals surface area contributed by atoms with Crippen molar-refractivity contribution in [1.29, 1.82) is 0 Å². The maximum atomic E-state index is 13.8. The van der Waals surface area contributed by atoms with Gasteiger partial charge in [0.15, 0.2) is 11.5 Å². The largest absolute Gasteiger partial charge is 0.493 e. The van der Waals surface area contributed by atoms with Gasteiger partial charge in [-0.15, -0.1) is 0 Å². The lowest BCUT2D eigenvalue weighted by molar-refractivity contribution is -0.117. The maximum absolute atomic E-state index is 13.8. The molecule has 9 nitrogen and oxygen atoms in total. The molecule has 2 aromatic heterocycles. The number of H-pyrrole nitrogens is 1. The van der Waals surface area contributed by atoms with E-state index in [2.05, 4.69) is 21.2 Å². The average Bonchev–Trinajstić information content (AvgIpc) is 3.62.